The van der Waals surface area contributed by atoms with Crippen LogP contribution in [-0.4, -0.2) is 64.4 Å². The number of ether oxygens (including phenoxy) is 1. The molecule has 11 nitrogen and oxygen atoms in total. The van der Waals surface area contributed by atoms with Crippen molar-refractivity contribution in [1.82, 2.24) is 19.5 Å². The lowest BCUT2D eigenvalue weighted by molar-refractivity contribution is -0.0504. The predicted molar refractivity (Wildman–Crippen MR) is 112 cm³/mol. The molecule has 0 saturated carbocycles. The number of aliphatic hydroxyl groups is 2. The number of hydrogen-bond acceptors (Lipinski definition) is 8. The van der Waals surface area contributed by atoms with Gasteiger partial charge in [0.05, 0.1) is 12.9 Å². The Balaban J connectivity index is 1.53. The maximum absolute atomic E-state index is 11.0. The summed E-state index contributed by atoms with van der Waals surface area (Å²) in [6, 6.07) is 13.7. The Morgan fingerprint density at radius 2 is 1.81 bits per heavy atom. The Morgan fingerprint density at radius 3 is 2.62 bits per heavy atom. The SMILES string of the molecule is O=P(O)(O)OC[C@H]1O[C@@H](n2cnc3c(-c4cccc5ccccc45)ncnc32)[C@H](O)[C@H]1O. The number of benzene rings is 2. The molecule has 4 N–H and O–H groups in total. The number of phosphoric ester groups is 1. The minimum atomic E-state index is -4.76. The molecule has 32 heavy (non-hydrogen) atoms. The van der Waals surface area contributed by atoms with Gasteiger partial charge in [-0.25, -0.2) is 19.5 Å². The first-order valence-electron chi connectivity index (χ1n) is 9.71. The van der Waals surface area contributed by atoms with Crippen LogP contribution < -0.4 is 0 Å². The molecular formula is C20H19N4O7P. The van der Waals surface area contributed by atoms with E-state index in [9.17, 15) is 14.8 Å². The summed E-state index contributed by atoms with van der Waals surface area (Å²) in [7, 11) is -4.76. The summed E-state index contributed by atoms with van der Waals surface area (Å²) >= 11 is 0. The summed E-state index contributed by atoms with van der Waals surface area (Å²) in [6.45, 7) is -0.595. The molecule has 1 fully saturated rings. The van der Waals surface area contributed by atoms with Crippen molar-refractivity contribution in [3.8, 4) is 11.3 Å². The first-order chi connectivity index (χ1) is 15.3. The number of nitrogens with zero attached hydrogens (tertiary/aromatic N) is 4. The molecule has 1 aliphatic rings. The molecule has 1 aliphatic heterocycles. The van der Waals surface area contributed by atoms with E-state index in [-0.39, 0.29) is 0 Å². The maximum Gasteiger partial charge on any atom is 0.469 e. The number of rotatable bonds is 5. The molecule has 1 saturated heterocycles. The van der Waals surface area contributed by atoms with Gasteiger partial charge in [0, 0.05) is 5.56 Å². The van der Waals surface area contributed by atoms with E-state index in [0.29, 0.717) is 16.9 Å². The van der Waals surface area contributed by atoms with Crippen molar-refractivity contribution in [2.45, 2.75) is 24.5 Å². The minimum Gasteiger partial charge on any atom is -0.387 e. The summed E-state index contributed by atoms with van der Waals surface area (Å²) in [5.74, 6) is 0. The zero-order valence-corrected chi connectivity index (χ0v) is 17.4. The molecule has 12 heteroatoms. The second-order valence-electron chi connectivity index (χ2n) is 7.41. The highest BCUT2D eigenvalue weighted by Crippen LogP contribution is 2.39. The average molecular weight is 458 g/mol. The minimum absolute atomic E-state index is 0.371. The van der Waals surface area contributed by atoms with Crippen LogP contribution in [0.25, 0.3) is 33.2 Å². The molecule has 5 rings (SSSR count). The second kappa shape index (κ2) is 7.98. The highest BCUT2D eigenvalue weighted by atomic mass is 31.2. The second-order valence-corrected chi connectivity index (χ2v) is 8.65. The van der Waals surface area contributed by atoms with Gasteiger partial charge in [0.2, 0.25) is 0 Å². The largest absolute Gasteiger partial charge is 0.469 e. The third-order valence-electron chi connectivity index (χ3n) is 5.42. The third-order valence-corrected chi connectivity index (χ3v) is 5.91. The van der Waals surface area contributed by atoms with Crippen LogP contribution >= 0.6 is 7.82 Å². The van der Waals surface area contributed by atoms with Crippen LogP contribution in [-0.2, 0) is 13.8 Å². The average Bonchev–Trinajstić information content (AvgIpc) is 3.32. The number of hydrogen-bond donors (Lipinski definition) is 4. The zero-order chi connectivity index (χ0) is 22.5. The van der Waals surface area contributed by atoms with Crippen molar-refractivity contribution >= 4 is 29.8 Å². The summed E-state index contributed by atoms with van der Waals surface area (Å²) in [4.78, 5) is 30.9. The summed E-state index contributed by atoms with van der Waals surface area (Å²) < 4.78 is 22.5. The number of imidazole rings is 1. The lowest BCUT2D eigenvalue weighted by Crippen LogP contribution is -2.33. The van der Waals surface area contributed by atoms with Crippen molar-refractivity contribution in [3.63, 3.8) is 0 Å². The molecule has 166 valence electrons. The van der Waals surface area contributed by atoms with Crippen LogP contribution in [0.4, 0.5) is 0 Å². The number of aromatic nitrogens is 4. The van der Waals surface area contributed by atoms with Gasteiger partial charge in [0.25, 0.3) is 0 Å². The fourth-order valence-corrected chi connectivity index (χ4v) is 4.28. The molecule has 0 bridgehead atoms. The lowest BCUT2D eigenvalue weighted by Gasteiger charge is -2.16. The highest BCUT2D eigenvalue weighted by Gasteiger charge is 2.45. The topological polar surface area (TPSA) is 160 Å². The summed E-state index contributed by atoms with van der Waals surface area (Å²) in [5, 5.41) is 22.8. The smallest absolute Gasteiger partial charge is 0.387 e. The summed E-state index contributed by atoms with van der Waals surface area (Å²) in [5.41, 5.74) is 2.31. The molecule has 0 unspecified atom stereocenters. The molecule has 2 aromatic heterocycles. The van der Waals surface area contributed by atoms with Crippen LogP contribution in [0, 0.1) is 0 Å². The van der Waals surface area contributed by atoms with Crippen molar-refractivity contribution in [2.75, 3.05) is 6.61 Å². The van der Waals surface area contributed by atoms with E-state index >= 15 is 0 Å². The normalized spacial score (nSPS) is 23.9. The van der Waals surface area contributed by atoms with Crippen molar-refractivity contribution in [3.05, 3.63) is 55.1 Å². The Kier molecular flexibility index (Phi) is 5.26. The van der Waals surface area contributed by atoms with Gasteiger partial charge < -0.3 is 24.7 Å². The van der Waals surface area contributed by atoms with Crippen LogP contribution in [0.1, 0.15) is 6.23 Å². The van der Waals surface area contributed by atoms with E-state index in [1.54, 1.807) is 0 Å². The monoisotopic (exact) mass is 458 g/mol. The lowest BCUT2D eigenvalue weighted by atomic mass is 10.0. The first kappa shape index (κ1) is 21.1. The van der Waals surface area contributed by atoms with E-state index in [4.69, 9.17) is 14.5 Å². The molecule has 3 heterocycles. The number of fused-ring (bicyclic) bond motifs is 2. The maximum atomic E-state index is 11.0. The third kappa shape index (κ3) is 3.70. The molecule has 0 radical (unpaired) electrons. The van der Waals surface area contributed by atoms with Crippen LogP contribution in [0.5, 0.6) is 0 Å². The Bertz CT molecular complexity index is 1330. The zero-order valence-electron chi connectivity index (χ0n) is 16.5. The number of phosphoric acid groups is 1. The van der Waals surface area contributed by atoms with Gasteiger partial charge in [-0.2, -0.15) is 0 Å². The molecule has 4 atom stereocenters. The van der Waals surface area contributed by atoms with Crippen LogP contribution in [0.15, 0.2) is 55.1 Å². The van der Waals surface area contributed by atoms with Gasteiger partial charge >= 0.3 is 7.82 Å². The van der Waals surface area contributed by atoms with Gasteiger partial charge in [-0.15, -0.1) is 0 Å². The molecular weight excluding hydrogens is 439 g/mol. The van der Waals surface area contributed by atoms with Gasteiger partial charge in [-0.3, -0.25) is 9.09 Å². The van der Waals surface area contributed by atoms with Gasteiger partial charge in [-0.1, -0.05) is 42.5 Å². The van der Waals surface area contributed by atoms with Crippen molar-refractivity contribution in [1.29, 1.82) is 0 Å². The Hall–Kier alpha value is -2.76. The van der Waals surface area contributed by atoms with E-state index in [1.807, 2.05) is 42.5 Å². The highest BCUT2D eigenvalue weighted by molar-refractivity contribution is 7.46. The molecule has 2 aromatic carbocycles. The Morgan fingerprint density at radius 1 is 1.03 bits per heavy atom. The standard InChI is InChI=1S/C20H19N4O7P/c25-17-14(8-30-32(27,28)29)31-20(18(17)26)24-10-23-16-15(21-9-22-19(16)24)13-7-3-5-11-4-1-2-6-12(11)13/h1-7,9-10,14,17-18,20,25-26H,8H2,(H2,27,28,29)/t14-,17+,18-,20-/m1/s1. The van der Waals surface area contributed by atoms with Crippen LogP contribution in [0.3, 0.4) is 0 Å². The summed E-state index contributed by atoms with van der Waals surface area (Å²) in [6.07, 6.45) is -2.27. The predicted octanol–water partition coefficient (Wildman–Crippen LogP) is 1.37. The van der Waals surface area contributed by atoms with E-state index in [0.717, 1.165) is 16.3 Å². The van der Waals surface area contributed by atoms with Gasteiger partial charge in [-0.05, 0) is 10.8 Å². The van der Waals surface area contributed by atoms with Crippen molar-refractivity contribution in [2.24, 2.45) is 0 Å². The van der Waals surface area contributed by atoms with E-state index < -0.39 is 39.0 Å². The van der Waals surface area contributed by atoms with E-state index in [2.05, 4.69) is 19.5 Å². The molecule has 4 aromatic rings. The van der Waals surface area contributed by atoms with E-state index in [1.165, 1.54) is 17.2 Å². The Labute approximate surface area is 181 Å². The molecule has 0 amide bonds. The van der Waals surface area contributed by atoms with Crippen molar-refractivity contribution < 1.29 is 33.8 Å². The van der Waals surface area contributed by atoms with Gasteiger partial charge in [0.1, 0.15) is 35.8 Å². The van der Waals surface area contributed by atoms with Gasteiger partial charge in [0.15, 0.2) is 11.9 Å². The fourth-order valence-electron chi connectivity index (χ4n) is 3.93. The fraction of sp³-hybridized carbons (Fsp3) is 0.250. The number of aliphatic hydroxyl groups excluding tert-OH is 2. The molecule has 0 aliphatic carbocycles. The quantitative estimate of drug-likeness (QED) is 0.322. The van der Waals surface area contributed by atoms with Crippen LogP contribution in [0.2, 0.25) is 0 Å². The first-order valence-corrected chi connectivity index (χ1v) is 11.2. The molecule has 0 spiro atoms.